The second kappa shape index (κ2) is 6.90. The number of nitrogens with one attached hydrogen (secondary N) is 1. The van der Waals surface area contributed by atoms with E-state index in [2.05, 4.69) is 5.32 Å². The summed E-state index contributed by atoms with van der Waals surface area (Å²) in [7, 11) is 1.23. The Hall–Kier alpha value is -3.10. The van der Waals surface area contributed by atoms with Gasteiger partial charge in [-0.2, -0.15) is 0 Å². The van der Waals surface area contributed by atoms with Crippen molar-refractivity contribution in [2.45, 2.75) is 26.0 Å². The molecule has 1 N–H and O–H groups in total. The fraction of sp³-hybridized carbons (Fsp3) is 0.444. The van der Waals surface area contributed by atoms with Gasteiger partial charge >= 0.3 is 23.9 Å². The minimum atomic E-state index is -2.04. The highest BCUT2D eigenvalue weighted by molar-refractivity contribution is 6.10. The Labute approximate surface area is 154 Å². The molecule has 0 aromatic heterocycles. The van der Waals surface area contributed by atoms with Crippen LogP contribution in [0.2, 0.25) is 0 Å². The SMILES string of the molecule is CCOC(=O)C1(C(=O)OCC)C2Nc3ccc(C(=O)OC)cc3C1OC2=O. The molecule has 0 radical (unpaired) electrons. The number of esters is 4. The summed E-state index contributed by atoms with van der Waals surface area (Å²) in [5, 5.41) is 2.86. The minimum absolute atomic E-state index is 0.00266. The first kappa shape index (κ1) is 18.7. The van der Waals surface area contributed by atoms with Crippen molar-refractivity contribution in [1.29, 1.82) is 0 Å². The number of ether oxygens (including phenoxy) is 4. The smallest absolute Gasteiger partial charge is 0.337 e. The van der Waals surface area contributed by atoms with Crippen LogP contribution in [0.4, 0.5) is 5.69 Å². The first-order valence-electron chi connectivity index (χ1n) is 8.45. The fourth-order valence-electron chi connectivity index (χ4n) is 3.44. The number of carbonyl (C=O) groups is 4. The molecule has 27 heavy (non-hydrogen) atoms. The van der Waals surface area contributed by atoms with E-state index in [9.17, 15) is 19.2 Å². The number of benzene rings is 1. The summed E-state index contributed by atoms with van der Waals surface area (Å²) < 4.78 is 20.3. The number of anilines is 1. The van der Waals surface area contributed by atoms with Gasteiger partial charge in [0.2, 0.25) is 5.41 Å². The van der Waals surface area contributed by atoms with Crippen LogP contribution in [0.3, 0.4) is 0 Å². The summed E-state index contributed by atoms with van der Waals surface area (Å²) in [5.74, 6) is -3.24. The number of fused-ring (bicyclic) bond motifs is 4. The third kappa shape index (κ3) is 2.61. The van der Waals surface area contributed by atoms with E-state index in [0.29, 0.717) is 11.3 Å². The van der Waals surface area contributed by atoms with Gasteiger partial charge in [0.1, 0.15) is 0 Å². The van der Waals surface area contributed by atoms with E-state index in [0.717, 1.165) is 0 Å². The summed E-state index contributed by atoms with van der Waals surface area (Å²) in [6.45, 7) is 3.17. The first-order valence-corrected chi connectivity index (χ1v) is 8.45. The van der Waals surface area contributed by atoms with Crippen LogP contribution >= 0.6 is 0 Å². The second-order valence-corrected chi connectivity index (χ2v) is 6.00. The van der Waals surface area contributed by atoms with Crippen LogP contribution in [0.25, 0.3) is 0 Å². The van der Waals surface area contributed by atoms with Gasteiger partial charge in [0.05, 0.1) is 25.9 Å². The molecule has 0 saturated carbocycles. The van der Waals surface area contributed by atoms with E-state index in [1.165, 1.54) is 19.2 Å². The number of methoxy groups -OCH3 is 1. The predicted octanol–water partition coefficient (Wildman–Crippen LogP) is 0.978. The fourth-order valence-corrected chi connectivity index (χ4v) is 3.44. The standard InChI is InChI=1S/C18H19NO8/c1-4-25-16(22)18(17(23)26-5-2)12-15(21)27-13(18)10-8-9(14(20)24-3)6-7-11(10)19-12/h6-8,12-13,19H,4-5H2,1-3H3. The van der Waals surface area contributed by atoms with Crippen molar-refractivity contribution in [2.75, 3.05) is 25.6 Å². The highest BCUT2D eigenvalue weighted by atomic mass is 16.6. The predicted molar refractivity (Wildman–Crippen MR) is 89.7 cm³/mol. The average Bonchev–Trinajstić information content (AvgIpc) is 2.86. The van der Waals surface area contributed by atoms with E-state index >= 15 is 0 Å². The molecule has 9 heteroatoms. The molecule has 1 aromatic carbocycles. The molecule has 1 aromatic rings. The maximum Gasteiger partial charge on any atom is 0.337 e. The maximum atomic E-state index is 12.8. The molecule has 1 fully saturated rings. The van der Waals surface area contributed by atoms with Crippen molar-refractivity contribution in [1.82, 2.24) is 0 Å². The lowest BCUT2D eigenvalue weighted by Crippen LogP contribution is -2.57. The van der Waals surface area contributed by atoms with Crippen LogP contribution in [0.5, 0.6) is 0 Å². The number of hydrogen-bond acceptors (Lipinski definition) is 9. The van der Waals surface area contributed by atoms with Crippen molar-refractivity contribution < 1.29 is 38.1 Å². The lowest BCUT2D eigenvalue weighted by atomic mass is 9.71. The molecular formula is C18H19NO8. The Balaban J connectivity index is 2.19. The molecule has 2 unspecified atom stereocenters. The molecule has 144 valence electrons. The summed E-state index contributed by atoms with van der Waals surface area (Å²) in [4.78, 5) is 50.0. The van der Waals surface area contributed by atoms with Gasteiger partial charge in [-0.15, -0.1) is 0 Å². The Kier molecular flexibility index (Phi) is 4.77. The van der Waals surface area contributed by atoms with E-state index in [-0.39, 0.29) is 18.8 Å². The van der Waals surface area contributed by atoms with Gasteiger partial charge in [0.15, 0.2) is 12.1 Å². The topological polar surface area (TPSA) is 117 Å². The highest BCUT2D eigenvalue weighted by Crippen LogP contribution is 2.54. The van der Waals surface area contributed by atoms with E-state index in [1.54, 1.807) is 19.9 Å². The normalized spacial score (nSPS) is 21.4. The summed E-state index contributed by atoms with van der Waals surface area (Å²) in [6.07, 6.45) is -1.28. The van der Waals surface area contributed by atoms with Crippen LogP contribution in [0.15, 0.2) is 18.2 Å². The molecule has 0 amide bonds. The van der Waals surface area contributed by atoms with Crippen molar-refractivity contribution in [3.05, 3.63) is 29.3 Å². The zero-order chi connectivity index (χ0) is 19.8. The van der Waals surface area contributed by atoms with Gasteiger partial charge in [-0.3, -0.25) is 9.59 Å². The van der Waals surface area contributed by atoms with E-state index in [4.69, 9.17) is 18.9 Å². The number of rotatable bonds is 5. The first-order chi connectivity index (χ1) is 12.9. The lowest BCUT2D eigenvalue weighted by molar-refractivity contribution is -0.177. The van der Waals surface area contributed by atoms with Gasteiger partial charge in [-0.1, -0.05) is 0 Å². The lowest BCUT2D eigenvalue weighted by Gasteiger charge is -2.37. The minimum Gasteiger partial charge on any atom is -0.465 e. The Morgan fingerprint density at radius 1 is 1.15 bits per heavy atom. The largest absolute Gasteiger partial charge is 0.465 e. The molecule has 0 spiro atoms. The van der Waals surface area contributed by atoms with Gasteiger partial charge in [-0.25, -0.2) is 9.59 Å². The zero-order valence-corrected chi connectivity index (χ0v) is 15.1. The molecule has 1 saturated heterocycles. The Morgan fingerprint density at radius 3 is 2.33 bits per heavy atom. The van der Waals surface area contributed by atoms with Crippen LogP contribution in [-0.2, 0) is 33.3 Å². The molecule has 2 atom stereocenters. The summed E-state index contributed by atoms with van der Waals surface area (Å²) in [5.41, 5.74) is -1.10. The Bertz CT molecular complexity index is 800. The van der Waals surface area contributed by atoms with Gasteiger partial charge in [0.25, 0.3) is 0 Å². The molecule has 0 aliphatic carbocycles. The number of carbonyl (C=O) groups excluding carboxylic acids is 4. The summed E-state index contributed by atoms with van der Waals surface area (Å²) in [6, 6.07) is 3.19. The van der Waals surface area contributed by atoms with Gasteiger partial charge in [0, 0.05) is 11.3 Å². The Morgan fingerprint density at radius 2 is 1.78 bits per heavy atom. The second-order valence-electron chi connectivity index (χ2n) is 6.00. The van der Waals surface area contributed by atoms with Crippen LogP contribution in [-0.4, -0.2) is 50.2 Å². The van der Waals surface area contributed by atoms with Crippen LogP contribution in [0.1, 0.15) is 35.9 Å². The van der Waals surface area contributed by atoms with E-state index in [1.807, 2.05) is 0 Å². The molecule has 2 bridgehead atoms. The van der Waals surface area contributed by atoms with Crippen molar-refractivity contribution >= 4 is 29.6 Å². The van der Waals surface area contributed by atoms with Crippen LogP contribution < -0.4 is 5.32 Å². The zero-order valence-electron chi connectivity index (χ0n) is 15.1. The van der Waals surface area contributed by atoms with Gasteiger partial charge in [-0.05, 0) is 32.0 Å². The van der Waals surface area contributed by atoms with Crippen molar-refractivity contribution in [3.63, 3.8) is 0 Å². The molecule has 2 aliphatic rings. The summed E-state index contributed by atoms with van der Waals surface area (Å²) >= 11 is 0. The van der Waals surface area contributed by atoms with Crippen LogP contribution in [0, 0.1) is 5.41 Å². The molecule has 3 rings (SSSR count). The number of hydrogen-bond donors (Lipinski definition) is 1. The highest BCUT2D eigenvalue weighted by Gasteiger charge is 2.72. The molecular weight excluding hydrogens is 358 g/mol. The third-order valence-electron chi connectivity index (χ3n) is 4.62. The molecule has 2 aliphatic heterocycles. The molecule has 2 heterocycles. The quantitative estimate of drug-likeness (QED) is 0.455. The third-order valence-corrected chi connectivity index (χ3v) is 4.62. The molecule has 9 nitrogen and oxygen atoms in total. The average molecular weight is 377 g/mol. The van der Waals surface area contributed by atoms with Crippen molar-refractivity contribution in [3.8, 4) is 0 Å². The monoisotopic (exact) mass is 377 g/mol. The maximum absolute atomic E-state index is 12.8. The van der Waals surface area contributed by atoms with Crippen molar-refractivity contribution in [2.24, 2.45) is 5.41 Å². The van der Waals surface area contributed by atoms with Gasteiger partial charge < -0.3 is 24.3 Å². The van der Waals surface area contributed by atoms with E-state index < -0.39 is 41.4 Å².